The number of carboxylic acids is 1. The van der Waals surface area contributed by atoms with Gasteiger partial charge < -0.3 is 5.11 Å². The van der Waals surface area contributed by atoms with E-state index < -0.39 is 15.8 Å². The predicted octanol–water partition coefficient (Wildman–Crippen LogP) is 3.16. The highest BCUT2D eigenvalue weighted by molar-refractivity contribution is 7.91. The highest BCUT2D eigenvalue weighted by atomic mass is 32.2. The summed E-state index contributed by atoms with van der Waals surface area (Å²) in [4.78, 5) is 11.3. The molecule has 4 nitrogen and oxygen atoms in total. The van der Waals surface area contributed by atoms with Gasteiger partial charge >= 0.3 is 5.97 Å². The van der Waals surface area contributed by atoms with Gasteiger partial charge in [0.05, 0.1) is 16.2 Å². The minimum atomic E-state index is -3.44. The van der Waals surface area contributed by atoms with Gasteiger partial charge in [-0.2, -0.15) is 0 Å². The maximum Gasteiger partial charge on any atom is 0.336 e. The fourth-order valence-corrected chi connectivity index (χ4v) is 3.50. The van der Waals surface area contributed by atoms with Gasteiger partial charge in [-0.05, 0) is 36.0 Å². The fraction of sp³-hybridized carbons (Fsp3) is 0.533. The van der Waals surface area contributed by atoms with Crippen molar-refractivity contribution in [3.8, 4) is 0 Å². The van der Waals surface area contributed by atoms with Crippen LogP contribution in [0.4, 0.5) is 0 Å². The van der Waals surface area contributed by atoms with Crippen molar-refractivity contribution in [2.45, 2.75) is 45.4 Å². The van der Waals surface area contributed by atoms with Crippen molar-refractivity contribution in [3.05, 3.63) is 29.3 Å². The standard InChI is InChI=1S/C15H22O4S/c1-5-11-6-7-12(10-13(11)14(16)17)20(18,19)9-8-15(2,3)4/h6-7,10H,5,8-9H2,1-4H3,(H,16,17). The van der Waals surface area contributed by atoms with Crippen LogP contribution in [0.2, 0.25) is 0 Å². The van der Waals surface area contributed by atoms with E-state index in [2.05, 4.69) is 0 Å². The number of aryl methyl sites for hydroxylation is 1. The van der Waals surface area contributed by atoms with Crippen LogP contribution in [-0.2, 0) is 16.3 Å². The van der Waals surface area contributed by atoms with Gasteiger partial charge in [0.15, 0.2) is 9.84 Å². The van der Waals surface area contributed by atoms with Crippen LogP contribution in [0.3, 0.4) is 0 Å². The Morgan fingerprint density at radius 2 is 1.85 bits per heavy atom. The van der Waals surface area contributed by atoms with Crippen molar-refractivity contribution in [2.24, 2.45) is 5.41 Å². The van der Waals surface area contributed by atoms with Gasteiger partial charge in [-0.25, -0.2) is 13.2 Å². The van der Waals surface area contributed by atoms with Gasteiger partial charge in [0, 0.05) is 0 Å². The maximum atomic E-state index is 12.3. The Morgan fingerprint density at radius 1 is 1.25 bits per heavy atom. The molecule has 1 rings (SSSR count). The summed E-state index contributed by atoms with van der Waals surface area (Å²) in [6.45, 7) is 7.78. The molecule has 0 heterocycles. The van der Waals surface area contributed by atoms with Crippen molar-refractivity contribution >= 4 is 15.8 Å². The molecule has 0 unspecified atom stereocenters. The molecule has 0 saturated heterocycles. The third-order valence-corrected chi connectivity index (χ3v) is 4.89. The van der Waals surface area contributed by atoms with Crippen LogP contribution in [0, 0.1) is 5.41 Å². The molecule has 0 aliphatic rings. The maximum absolute atomic E-state index is 12.3. The number of rotatable bonds is 5. The first kappa shape index (κ1) is 16.7. The van der Waals surface area contributed by atoms with Crippen molar-refractivity contribution in [1.82, 2.24) is 0 Å². The molecule has 0 bridgehead atoms. The average Bonchev–Trinajstić information content (AvgIpc) is 2.35. The molecule has 0 aliphatic heterocycles. The number of carbonyl (C=O) groups is 1. The average molecular weight is 298 g/mol. The molecule has 5 heteroatoms. The third-order valence-electron chi connectivity index (χ3n) is 3.17. The number of aromatic carboxylic acids is 1. The normalized spacial score (nSPS) is 12.4. The summed E-state index contributed by atoms with van der Waals surface area (Å²) in [6.07, 6.45) is 1.09. The first-order chi connectivity index (χ1) is 9.07. The summed E-state index contributed by atoms with van der Waals surface area (Å²) in [5, 5.41) is 9.15. The zero-order chi connectivity index (χ0) is 15.6. The van der Waals surface area contributed by atoms with Gasteiger partial charge in [-0.1, -0.05) is 33.8 Å². The molecular weight excluding hydrogens is 276 g/mol. The van der Waals surface area contributed by atoms with Crippen LogP contribution < -0.4 is 0 Å². The molecule has 0 aromatic heterocycles. The van der Waals surface area contributed by atoms with E-state index in [-0.39, 0.29) is 21.6 Å². The van der Waals surface area contributed by atoms with Gasteiger partial charge in [0.2, 0.25) is 0 Å². The number of carboxylic acid groups (broad SMARTS) is 1. The highest BCUT2D eigenvalue weighted by Crippen LogP contribution is 2.23. The van der Waals surface area contributed by atoms with E-state index in [0.717, 1.165) is 0 Å². The molecule has 0 atom stereocenters. The molecule has 0 radical (unpaired) electrons. The zero-order valence-electron chi connectivity index (χ0n) is 12.4. The van der Waals surface area contributed by atoms with E-state index in [1.54, 1.807) is 6.07 Å². The van der Waals surface area contributed by atoms with E-state index in [4.69, 9.17) is 5.11 Å². The Labute approximate surface area is 120 Å². The summed E-state index contributed by atoms with van der Waals surface area (Å²) in [6, 6.07) is 4.37. The molecule has 1 aromatic rings. The molecule has 20 heavy (non-hydrogen) atoms. The summed E-state index contributed by atoms with van der Waals surface area (Å²) < 4.78 is 24.5. The van der Waals surface area contributed by atoms with E-state index in [1.807, 2.05) is 27.7 Å². The third kappa shape index (κ3) is 4.34. The lowest BCUT2D eigenvalue weighted by atomic mass is 9.94. The second-order valence-electron chi connectivity index (χ2n) is 6.11. The smallest absolute Gasteiger partial charge is 0.336 e. The molecule has 0 fully saturated rings. The zero-order valence-corrected chi connectivity index (χ0v) is 13.3. The first-order valence-electron chi connectivity index (χ1n) is 6.66. The minimum absolute atomic E-state index is 0.0288. The van der Waals surface area contributed by atoms with Crippen LogP contribution in [0.1, 0.15) is 50.0 Å². The number of sulfone groups is 1. The van der Waals surface area contributed by atoms with E-state index in [1.165, 1.54) is 12.1 Å². The Kier molecular flexibility index (Phi) is 4.97. The monoisotopic (exact) mass is 298 g/mol. The van der Waals surface area contributed by atoms with Crippen molar-refractivity contribution in [1.29, 1.82) is 0 Å². The van der Waals surface area contributed by atoms with E-state index in [9.17, 15) is 13.2 Å². The molecule has 0 saturated carbocycles. The highest BCUT2D eigenvalue weighted by Gasteiger charge is 2.21. The van der Waals surface area contributed by atoms with E-state index in [0.29, 0.717) is 18.4 Å². The summed E-state index contributed by atoms with van der Waals surface area (Å²) in [5.41, 5.74) is 0.642. The molecule has 1 N–H and O–H groups in total. The van der Waals surface area contributed by atoms with Gasteiger partial charge in [-0.15, -0.1) is 0 Å². The Bertz CT molecular complexity index is 595. The van der Waals surface area contributed by atoms with E-state index >= 15 is 0 Å². The molecular formula is C15H22O4S. The summed E-state index contributed by atoms with van der Waals surface area (Å²) in [7, 11) is -3.44. The number of hydrogen-bond donors (Lipinski definition) is 1. The molecule has 0 amide bonds. The SMILES string of the molecule is CCc1ccc(S(=O)(=O)CCC(C)(C)C)cc1C(=O)O. The van der Waals surface area contributed by atoms with Gasteiger partial charge in [-0.3, -0.25) is 0 Å². The quantitative estimate of drug-likeness (QED) is 0.906. The van der Waals surface area contributed by atoms with Crippen molar-refractivity contribution in [2.75, 3.05) is 5.75 Å². The number of hydrogen-bond acceptors (Lipinski definition) is 3. The van der Waals surface area contributed by atoms with Crippen LogP contribution in [0.5, 0.6) is 0 Å². The second-order valence-corrected chi connectivity index (χ2v) is 8.22. The van der Waals surface area contributed by atoms with Crippen LogP contribution in [-0.4, -0.2) is 25.2 Å². The Hall–Kier alpha value is -1.36. The fourth-order valence-electron chi connectivity index (χ4n) is 1.81. The Morgan fingerprint density at radius 3 is 2.30 bits per heavy atom. The second kappa shape index (κ2) is 5.95. The lowest BCUT2D eigenvalue weighted by Crippen LogP contribution is -2.15. The molecule has 112 valence electrons. The topological polar surface area (TPSA) is 71.4 Å². The summed E-state index contributed by atoms with van der Waals surface area (Å²) in [5.74, 6) is -1.06. The van der Waals surface area contributed by atoms with Crippen LogP contribution >= 0.6 is 0 Å². The first-order valence-corrected chi connectivity index (χ1v) is 8.31. The van der Waals surface area contributed by atoms with Crippen LogP contribution in [0.25, 0.3) is 0 Å². The summed E-state index contributed by atoms with van der Waals surface area (Å²) >= 11 is 0. The molecule has 0 spiro atoms. The predicted molar refractivity (Wildman–Crippen MR) is 78.9 cm³/mol. The van der Waals surface area contributed by atoms with Crippen molar-refractivity contribution in [3.63, 3.8) is 0 Å². The van der Waals surface area contributed by atoms with Crippen molar-refractivity contribution < 1.29 is 18.3 Å². The molecule has 1 aromatic carbocycles. The van der Waals surface area contributed by atoms with Gasteiger partial charge in [0.1, 0.15) is 0 Å². The Balaban J connectivity index is 3.13. The van der Waals surface area contributed by atoms with Crippen LogP contribution in [0.15, 0.2) is 23.1 Å². The minimum Gasteiger partial charge on any atom is -0.478 e. The lowest BCUT2D eigenvalue weighted by molar-refractivity contribution is 0.0695. The lowest BCUT2D eigenvalue weighted by Gasteiger charge is -2.18. The number of benzene rings is 1. The largest absolute Gasteiger partial charge is 0.478 e. The molecule has 0 aliphatic carbocycles. The van der Waals surface area contributed by atoms with Gasteiger partial charge in [0.25, 0.3) is 0 Å².